The number of carbonyl (C=O) groups excluding carboxylic acids is 2. The molecule has 2 aromatic carbocycles. The highest BCUT2D eigenvalue weighted by Crippen LogP contribution is 2.28. The Bertz CT molecular complexity index is 1440. The summed E-state index contributed by atoms with van der Waals surface area (Å²) in [5, 5.41) is 128. The summed E-state index contributed by atoms with van der Waals surface area (Å²) in [6.45, 7) is 4.69. The Balaban J connectivity index is 1.67. The third-order valence-corrected chi connectivity index (χ3v) is 9.48. The largest absolute Gasteiger partial charge is 0.507 e. The maximum atomic E-state index is 13.0. The van der Waals surface area contributed by atoms with Gasteiger partial charge in [-0.3, -0.25) is 19.4 Å². The highest BCUT2D eigenvalue weighted by atomic mass is 16.4. The summed E-state index contributed by atoms with van der Waals surface area (Å²) in [4.78, 5) is 30.2. The van der Waals surface area contributed by atoms with Crippen molar-refractivity contribution in [2.24, 2.45) is 0 Å². The molecule has 0 saturated carbocycles. The van der Waals surface area contributed by atoms with Gasteiger partial charge in [0.2, 0.25) is 0 Å². The monoisotopic (exact) mass is 783 g/mol. The molecule has 310 valence electrons. The number of carbonyl (C=O) groups is 2. The number of hydrogen-bond donors (Lipinski definition) is 15. The minimum atomic E-state index is -1.87. The molecule has 3 rings (SSSR count). The van der Waals surface area contributed by atoms with E-state index in [0.717, 1.165) is 0 Å². The van der Waals surface area contributed by atoms with Crippen LogP contribution < -0.4 is 16.0 Å². The van der Waals surface area contributed by atoms with Gasteiger partial charge < -0.3 is 77.2 Å². The van der Waals surface area contributed by atoms with Crippen LogP contribution in [-0.2, 0) is 13.1 Å². The van der Waals surface area contributed by atoms with Gasteiger partial charge in [0.25, 0.3) is 11.8 Å². The summed E-state index contributed by atoms with van der Waals surface area (Å²) < 4.78 is 0. The highest BCUT2D eigenvalue weighted by Gasteiger charge is 2.32. The average Bonchev–Trinajstić information content (AvgIpc) is 3.28. The molecule has 55 heavy (non-hydrogen) atoms. The zero-order chi connectivity index (χ0) is 41.0. The van der Waals surface area contributed by atoms with Gasteiger partial charge in [-0.05, 0) is 37.1 Å². The number of phenolic OH excluding ortho intramolecular Hbond substituents is 2. The Morgan fingerprint density at radius 3 is 1.29 bits per heavy atom. The van der Waals surface area contributed by atoms with Crippen molar-refractivity contribution >= 4 is 11.8 Å². The van der Waals surface area contributed by atoms with Gasteiger partial charge in [-0.2, -0.15) is 0 Å². The number of rotatable bonds is 18. The normalized spacial score (nSPS) is 19.1. The Labute approximate surface area is 318 Å². The predicted octanol–water partition coefficient (Wildman–Crippen LogP) is -5.05. The van der Waals surface area contributed by atoms with Crippen molar-refractivity contribution < 1.29 is 70.9 Å². The van der Waals surface area contributed by atoms with Crippen LogP contribution >= 0.6 is 0 Å². The van der Waals surface area contributed by atoms with E-state index in [2.05, 4.69) is 25.8 Å². The molecule has 1 fully saturated rings. The van der Waals surface area contributed by atoms with Gasteiger partial charge in [-0.1, -0.05) is 12.1 Å². The first-order valence-electron chi connectivity index (χ1n) is 18.0. The molecule has 19 heteroatoms. The minimum absolute atomic E-state index is 0.0739. The number of nitrogens with one attached hydrogen (secondary N) is 3. The molecule has 2 amide bonds. The van der Waals surface area contributed by atoms with Crippen LogP contribution in [0.1, 0.15) is 43.0 Å². The van der Waals surface area contributed by atoms with Gasteiger partial charge in [0.1, 0.15) is 48.1 Å². The molecule has 0 spiro atoms. The van der Waals surface area contributed by atoms with Crippen LogP contribution in [0, 0.1) is 13.8 Å². The average molecular weight is 784 g/mol. The van der Waals surface area contributed by atoms with E-state index in [1.807, 2.05) is 0 Å². The number of aliphatic hydroxyl groups excluding tert-OH is 10. The van der Waals surface area contributed by atoms with Crippen molar-refractivity contribution in [3.8, 4) is 11.5 Å². The first kappa shape index (κ1) is 45.8. The molecule has 0 aromatic heterocycles. The van der Waals surface area contributed by atoms with Gasteiger partial charge in [0, 0.05) is 76.6 Å². The summed E-state index contributed by atoms with van der Waals surface area (Å²) in [6.07, 6.45) is -14.2. The van der Waals surface area contributed by atoms with E-state index in [9.17, 15) is 60.7 Å². The van der Waals surface area contributed by atoms with Gasteiger partial charge in [-0.15, -0.1) is 0 Å². The Morgan fingerprint density at radius 2 is 0.945 bits per heavy atom. The van der Waals surface area contributed by atoms with E-state index in [1.165, 1.54) is 12.1 Å². The molecule has 1 aliphatic rings. The topological polar surface area (TPSA) is 319 Å². The van der Waals surface area contributed by atoms with Crippen molar-refractivity contribution in [2.75, 3.05) is 65.6 Å². The molecular formula is C36H57N5O14. The number of amides is 2. The number of aliphatic hydroxyl groups is 10. The number of aryl methyl sites for hydroxylation is 2. The quantitative estimate of drug-likeness (QED) is 0.0673. The summed E-state index contributed by atoms with van der Waals surface area (Å²) in [6, 6.07) is 6.42. The van der Waals surface area contributed by atoms with Crippen molar-refractivity contribution in [3.63, 3.8) is 0 Å². The molecule has 0 radical (unpaired) electrons. The van der Waals surface area contributed by atoms with Crippen LogP contribution in [0.5, 0.6) is 11.5 Å². The number of hydrogen-bond acceptors (Lipinski definition) is 17. The second-order valence-corrected chi connectivity index (χ2v) is 14.0. The van der Waals surface area contributed by atoms with Gasteiger partial charge in [0.05, 0.1) is 36.5 Å². The van der Waals surface area contributed by atoms with Crippen LogP contribution in [0.3, 0.4) is 0 Å². The van der Waals surface area contributed by atoms with Crippen LogP contribution in [0.15, 0.2) is 24.3 Å². The molecular weight excluding hydrogens is 726 g/mol. The smallest absolute Gasteiger partial charge is 0.255 e. The third-order valence-electron chi connectivity index (χ3n) is 9.48. The molecule has 8 unspecified atom stereocenters. The van der Waals surface area contributed by atoms with Gasteiger partial charge in [0.15, 0.2) is 0 Å². The molecule has 2 aromatic rings. The van der Waals surface area contributed by atoms with E-state index in [0.29, 0.717) is 61.5 Å². The van der Waals surface area contributed by atoms with Crippen molar-refractivity contribution in [3.05, 3.63) is 57.6 Å². The third kappa shape index (κ3) is 13.0. The number of phenols is 2. The zero-order valence-electron chi connectivity index (χ0n) is 31.0. The van der Waals surface area contributed by atoms with Crippen LogP contribution in [0.2, 0.25) is 0 Å². The summed E-state index contributed by atoms with van der Waals surface area (Å²) in [7, 11) is 0. The fraction of sp³-hybridized carbons (Fsp3) is 0.611. The zero-order valence-corrected chi connectivity index (χ0v) is 31.0. The Morgan fingerprint density at radius 1 is 0.600 bits per heavy atom. The van der Waals surface area contributed by atoms with E-state index in [-0.39, 0.29) is 35.7 Å². The number of aromatic hydroxyl groups is 2. The molecule has 0 aliphatic carbocycles. The fourth-order valence-corrected chi connectivity index (χ4v) is 6.15. The molecule has 1 saturated heterocycles. The van der Waals surface area contributed by atoms with Crippen molar-refractivity contribution in [1.29, 1.82) is 0 Å². The highest BCUT2D eigenvalue weighted by molar-refractivity contribution is 5.98. The lowest BCUT2D eigenvalue weighted by Gasteiger charge is -2.27. The maximum absolute atomic E-state index is 13.0. The Kier molecular flexibility index (Phi) is 18.1. The minimum Gasteiger partial charge on any atom is -0.507 e. The summed E-state index contributed by atoms with van der Waals surface area (Å²) in [5.41, 5.74) is 2.11. The van der Waals surface area contributed by atoms with E-state index in [4.69, 9.17) is 10.2 Å². The number of benzene rings is 2. The molecule has 1 heterocycles. The lowest BCUT2D eigenvalue weighted by molar-refractivity contribution is -0.113. The predicted molar refractivity (Wildman–Crippen MR) is 196 cm³/mol. The van der Waals surface area contributed by atoms with Crippen LogP contribution in [-0.4, -0.2) is 197 Å². The van der Waals surface area contributed by atoms with E-state index >= 15 is 0 Å². The van der Waals surface area contributed by atoms with Gasteiger partial charge >= 0.3 is 0 Å². The lowest BCUT2D eigenvalue weighted by Crippen LogP contribution is -2.49. The lowest BCUT2D eigenvalue weighted by atomic mass is 10.0. The first-order chi connectivity index (χ1) is 26.0. The molecule has 0 bridgehead atoms. The summed E-state index contributed by atoms with van der Waals surface area (Å²) in [5.74, 6) is -2.07. The fourth-order valence-electron chi connectivity index (χ4n) is 6.15. The maximum Gasteiger partial charge on any atom is 0.255 e. The first-order valence-corrected chi connectivity index (χ1v) is 18.0. The molecule has 1 aliphatic heterocycles. The molecule has 8 atom stereocenters. The number of nitrogens with zero attached hydrogens (tertiary/aromatic N) is 2. The molecule has 15 N–H and O–H groups in total. The summed E-state index contributed by atoms with van der Waals surface area (Å²) >= 11 is 0. The Hall–Kier alpha value is -3.54. The second-order valence-electron chi connectivity index (χ2n) is 14.0. The van der Waals surface area contributed by atoms with Crippen LogP contribution in [0.25, 0.3) is 0 Å². The van der Waals surface area contributed by atoms with Crippen molar-refractivity contribution in [2.45, 2.75) is 75.8 Å². The SMILES string of the molecule is Cc1cc(CN2CCNCCN(Cc3cc(C)cc(C(=O)NCC(O)C(O)C(O)C(O)CO)c3O)CC2)c(O)c(C(=O)NCC(O)C(O)C(O)C(O)CO)c1. The van der Waals surface area contributed by atoms with E-state index < -0.39 is 86.9 Å². The van der Waals surface area contributed by atoms with E-state index in [1.54, 1.807) is 26.0 Å². The molecule has 19 nitrogen and oxygen atoms in total. The second kappa shape index (κ2) is 21.7. The standard InChI is InChI=1S/C36H57N5O14/c1-19-9-21(29(48)23(11-19)35(54)38-13-25(44)31(50)33(52)27(46)17-42)15-40-5-3-37-4-6-41(8-7-40)16-22-10-20(2)12-24(30(22)49)36(55)39-14-26(45)32(51)34(53)28(47)18-43/h9-12,25-28,31-34,37,42-53H,3-8,13-18H2,1-2H3,(H,38,54)(H,39,55). The van der Waals surface area contributed by atoms with Gasteiger partial charge in [-0.25, -0.2) is 0 Å². The van der Waals surface area contributed by atoms with Crippen molar-refractivity contribution in [1.82, 2.24) is 25.8 Å². The van der Waals surface area contributed by atoms with Crippen LogP contribution in [0.4, 0.5) is 0 Å².